The summed E-state index contributed by atoms with van der Waals surface area (Å²) in [6, 6.07) is 0. The van der Waals surface area contributed by atoms with Crippen molar-refractivity contribution in [1.82, 2.24) is 0 Å². The third kappa shape index (κ3) is 16.5. The number of hydrogen-bond acceptors (Lipinski definition) is 9. The van der Waals surface area contributed by atoms with Crippen molar-refractivity contribution >= 4 is 83.5 Å². The second-order valence-corrected chi connectivity index (χ2v) is 11.8. The zero-order valence-corrected chi connectivity index (χ0v) is 21.0. The highest BCUT2D eigenvalue weighted by Gasteiger charge is 2.21. The van der Waals surface area contributed by atoms with Crippen LogP contribution >= 0.6 is 59.8 Å². The Morgan fingerprint density at radius 1 is 0.444 bits per heavy atom. The predicted molar refractivity (Wildman–Crippen MR) is 118 cm³/mol. The highest BCUT2D eigenvalue weighted by molar-refractivity contribution is 8.07. The van der Waals surface area contributed by atoms with Gasteiger partial charge in [0.05, 0.1) is 52.9 Å². The Bertz CT molecular complexity index is 392. The Balaban J connectivity index is 4.06. The predicted octanol–water partition coefficient (Wildman–Crippen LogP) is 4.51. The maximum absolute atomic E-state index is 5.59. The summed E-state index contributed by atoms with van der Waals surface area (Å²) in [4.78, 5) is 0. The number of alkyl halides is 4. The van der Waals surface area contributed by atoms with E-state index >= 15 is 0 Å². The van der Waals surface area contributed by atoms with Crippen LogP contribution in [-0.2, 0) is 55.5 Å². The first-order valence-corrected chi connectivity index (χ1v) is 15.1. The van der Waals surface area contributed by atoms with E-state index in [1.807, 2.05) is 0 Å². The molecule has 0 unspecified atom stereocenters. The molecule has 0 N–H and O–H groups in total. The average Bonchev–Trinajstić information content (AvgIpc) is 2.67. The van der Waals surface area contributed by atoms with Crippen molar-refractivity contribution < 1.29 is 31.9 Å². The summed E-state index contributed by atoms with van der Waals surface area (Å²) < 4.78 is 37.9. The van der Waals surface area contributed by atoms with Crippen molar-refractivity contribution in [2.45, 2.75) is 0 Å². The summed E-state index contributed by atoms with van der Waals surface area (Å²) in [7, 11) is 0. The first kappa shape index (κ1) is 29.2. The van der Waals surface area contributed by atoms with Gasteiger partial charge in [0.15, 0.2) is 0 Å². The quantitative estimate of drug-likeness (QED) is 0.124. The number of halogens is 4. The van der Waals surface area contributed by atoms with Gasteiger partial charge in [0, 0.05) is 23.5 Å². The van der Waals surface area contributed by atoms with Crippen LogP contribution in [0.3, 0.4) is 0 Å². The molecule has 0 atom stereocenters. The lowest BCUT2D eigenvalue weighted by molar-refractivity contribution is 0.0584. The summed E-state index contributed by atoms with van der Waals surface area (Å²) in [5.74, 6) is 1.12. The molecule has 15 heteroatoms. The van der Waals surface area contributed by atoms with Gasteiger partial charge in [0.2, 0.25) is 0 Å². The van der Waals surface area contributed by atoms with Gasteiger partial charge in [-0.2, -0.15) is 0 Å². The van der Waals surface area contributed by atoms with Crippen molar-refractivity contribution in [3.8, 4) is 0 Å². The number of ether oxygens (including phenoxy) is 1. The van der Waals surface area contributed by atoms with Gasteiger partial charge in [0.1, 0.15) is 0 Å². The minimum atomic E-state index is -2.88. The van der Waals surface area contributed by atoms with Crippen LogP contribution in [0.25, 0.3) is 0 Å². The molecule has 0 spiro atoms. The van der Waals surface area contributed by atoms with Crippen LogP contribution < -0.4 is 0 Å². The van der Waals surface area contributed by atoms with E-state index < -0.39 is 13.4 Å². The molecule has 0 aromatic carbocycles. The molecule has 0 aromatic heterocycles. The molecule has 0 saturated heterocycles. The monoisotopic (exact) mass is 546 g/mol. The molecule has 164 valence electrons. The zero-order chi connectivity index (χ0) is 20.4. The Morgan fingerprint density at radius 3 is 0.963 bits per heavy atom. The second-order valence-electron chi connectivity index (χ2n) is 4.26. The van der Waals surface area contributed by atoms with Gasteiger partial charge in [-0.3, -0.25) is 0 Å². The van der Waals surface area contributed by atoms with Gasteiger partial charge < -0.3 is 31.9 Å². The van der Waals surface area contributed by atoms with Crippen molar-refractivity contribution in [1.29, 1.82) is 0 Å². The van der Waals surface area contributed by atoms with Gasteiger partial charge >= 0.3 is 13.4 Å². The topological polar surface area (TPSA) is 64.6 Å². The molecule has 0 radical (unpaired) electrons. The standard InChI is InChI=1S/C12H24Cl4O7P2S2/c13-1-5-18-24(26,19-6-2-14)22-11-9-17-10-12-23-25(27,20-7-3-15)21-8-4-16/h1-12H2. The second kappa shape index (κ2) is 18.9. The molecule has 0 aromatic rings. The molecule has 0 aliphatic heterocycles. The van der Waals surface area contributed by atoms with Crippen LogP contribution in [0.15, 0.2) is 0 Å². The van der Waals surface area contributed by atoms with Crippen LogP contribution in [-0.4, -0.2) is 76.4 Å². The van der Waals surface area contributed by atoms with Gasteiger partial charge in [-0.05, 0) is 23.6 Å². The fourth-order valence-corrected chi connectivity index (χ4v) is 5.71. The van der Waals surface area contributed by atoms with E-state index in [9.17, 15) is 0 Å². The molecule has 0 fully saturated rings. The summed E-state index contributed by atoms with van der Waals surface area (Å²) in [6.07, 6.45) is 0. The molecule has 27 heavy (non-hydrogen) atoms. The largest absolute Gasteiger partial charge is 0.377 e. The van der Waals surface area contributed by atoms with Gasteiger partial charge in [0.25, 0.3) is 0 Å². The molecule has 0 rings (SSSR count). The van der Waals surface area contributed by atoms with E-state index in [0.29, 0.717) is 0 Å². The average molecular weight is 548 g/mol. The molecule has 7 nitrogen and oxygen atoms in total. The molecule has 0 aliphatic rings. The molecule has 0 saturated carbocycles. The lowest BCUT2D eigenvalue weighted by Crippen LogP contribution is -2.12. The highest BCUT2D eigenvalue weighted by atomic mass is 35.5. The summed E-state index contributed by atoms with van der Waals surface area (Å²) in [5.41, 5.74) is 0. The van der Waals surface area contributed by atoms with Crippen molar-refractivity contribution in [3.63, 3.8) is 0 Å². The van der Waals surface area contributed by atoms with Gasteiger partial charge in [-0.1, -0.05) is 0 Å². The van der Waals surface area contributed by atoms with E-state index in [4.69, 9.17) is 102 Å². The Hall–Kier alpha value is 2.18. The van der Waals surface area contributed by atoms with Crippen LogP contribution in [0.4, 0.5) is 0 Å². The van der Waals surface area contributed by atoms with E-state index in [1.165, 1.54) is 0 Å². The minimum absolute atomic E-state index is 0.182. The Morgan fingerprint density at radius 2 is 0.704 bits per heavy atom. The maximum atomic E-state index is 5.59. The lowest BCUT2D eigenvalue weighted by Gasteiger charge is -2.22. The fourth-order valence-electron chi connectivity index (χ4n) is 1.33. The van der Waals surface area contributed by atoms with Crippen LogP contribution in [0, 0.1) is 0 Å². The van der Waals surface area contributed by atoms with Crippen LogP contribution in [0.5, 0.6) is 0 Å². The number of hydrogen-bond donors (Lipinski definition) is 0. The summed E-state index contributed by atoms with van der Waals surface area (Å²) in [6.45, 7) is -3.98. The van der Waals surface area contributed by atoms with E-state index in [1.54, 1.807) is 0 Å². The smallest absolute Gasteiger partial charge is 0.327 e. The lowest BCUT2D eigenvalue weighted by atomic mass is 10.7. The van der Waals surface area contributed by atoms with E-state index in [2.05, 4.69) is 0 Å². The third-order valence-electron chi connectivity index (χ3n) is 2.26. The highest BCUT2D eigenvalue weighted by Crippen LogP contribution is 2.50. The summed E-state index contributed by atoms with van der Waals surface area (Å²) in [5, 5.41) is 0. The zero-order valence-electron chi connectivity index (χ0n) is 14.6. The van der Waals surface area contributed by atoms with Crippen molar-refractivity contribution in [2.24, 2.45) is 0 Å². The first-order valence-electron chi connectivity index (χ1n) is 7.84. The normalized spacial score (nSPS) is 12.6. The molecule has 0 heterocycles. The molecular formula is C12H24Cl4O7P2S2. The van der Waals surface area contributed by atoms with E-state index in [-0.39, 0.29) is 76.4 Å². The molecule has 0 bridgehead atoms. The third-order valence-corrected chi connectivity index (χ3v) is 7.77. The number of rotatable bonds is 20. The fraction of sp³-hybridized carbons (Fsp3) is 1.00. The first-order chi connectivity index (χ1) is 12.9. The van der Waals surface area contributed by atoms with Crippen LogP contribution in [0.2, 0.25) is 0 Å². The van der Waals surface area contributed by atoms with Gasteiger partial charge in [-0.15, -0.1) is 46.4 Å². The van der Waals surface area contributed by atoms with Crippen LogP contribution in [0.1, 0.15) is 0 Å². The minimum Gasteiger partial charge on any atom is -0.377 e. The van der Waals surface area contributed by atoms with Crippen molar-refractivity contribution in [2.75, 3.05) is 76.4 Å². The molecular weight excluding hydrogens is 524 g/mol. The SMILES string of the molecule is S=P(OCCCl)(OCCCl)OCCOCCOP(=S)(OCCCl)OCCCl. The molecule has 0 aliphatic carbocycles. The van der Waals surface area contributed by atoms with Crippen molar-refractivity contribution in [3.05, 3.63) is 0 Å². The van der Waals surface area contributed by atoms with E-state index in [0.717, 1.165) is 0 Å². The summed E-state index contributed by atoms with van der Waals surface area (Å²) >= 11 is 32.9. The maximum Gasteiger partial charge on any atom is 0.327 e. The Kier molecular flexibility index (Phi) is 20.4. The molecule has 0 amide bonds. The van der Waals surface area contributed by atoms with Gasteiger partial charge in [-0.25, -0.2) is 0 Å². The Labute approximate surface area is 191 Å².